The van der Waals surface area contributed by atoms with Crippen LogP contribution in [0, 0.1) is 12.3 Å². The number of likely N-dealkylation sites (tertiary alicyclic amines) is 1. The highest BCUT2D eigenvalue weighted by Crippen LogP contribution is 2.35. The van der Waals surface area contributed by atoms with Crippen LogP contribution >= 0.6 is 23.2 Å². The first kappa shape index (κ1) is 21.4. The van der Waals surface area contributed by atoms with Crippen molar-refractivity contribution in [1.29, 1.82) is 0 Å². The number of pyridine rings is 1. The summed E-state index contributed by atoms with van der Waals surface area (Å²) in [6.45, 7) is 3.09. The lowest BCUT2D eigenvalue weighted by Crippen LogP contribution is -2.50. The van der Waals surface area contributed by atoms with Crippen LogP contribution in [0.15, 0.2) is 36.5 Å². The summed E-state index contributed by atoms with van der Waals surface area (Å²) in [5, 5.41) is 0.823. The van der Waals surface area contributed by atoms with E-state index in [0.29, 0.717) is 29.4 Å². The molecule has 1 aliphatic rings. The minimum absolute atomic E-state index is 0.129. The maximum absolute atomic E-state index is 13.0. The number of aryl methyl sites for hydroxylation is 1. The highest BCUT2D eigenvalue weighted by molar-refractivity contribution is 6.32. The van der Waals surface area contributed by atoms with Crippen LogP contribution in [0.1, 0.15) is 35.2 Å². The summed E-state index contributed by atoms with van der Waals surface area (Å²) in [7, 11) is 0. The van der Waals surface area contributed by atoms with Crippen molar-refractivity contribution in [3.63, 3.8) is 0 Å². The van der Waals surface area contributed by atoms with E-state index in [1.54, 1.807) is 29.2 Å². The van der Waals surface area contributed by atoms with Crippen molar-refractivity contribution >= 4 is 35.0 Å². The largest absolute Gasteiger partial charge is 0.493 e. The van der Waals surface area contributed by atoms with Gasteiger partial charge >= 0.3 is 0 Å². The van der Waals surface area contributed by atoms with E-state index in [4.69, 9.17) is 33.7 Å². The first-order valence-electron chi connectivity index (χ1n) is 9.37. The molecule has 0 spiro atoms. The molecule has 3 rings (SSSR count). The van der Waals surface area contributed by atoms with E-state index in [1.807, 2.05) is 13.0 Å². The number of rotatable bonds is 6. The second-order valence-electron chi connectivity index (χ2n) is 7.51. The summed E-state index contributed by atoms with van der Waals surface area (Å²) in [6.07, 6.45) is 3.13. The van der Waals surface area contributed by atoms with Crippen LogP contribution in [0.25, 0.3) is 0 Å². The van der Waals surface area contributed by atoms with Crippen LogP contribution < -0.4 is 10.5 Å². The number of nitrogens with two attached hydrogens (primary N) is 1. The molecule has 1 aliphatic heterocycles. The van der Waals surface area contributed by atoms with Gasteiger partial charge in [-0.25, -0.2) is 4.98 Å². The Balaban J connectivity index is 1.79. The lowest BCUT2D eigenvalue weighted by molar-refractivity contribution is -0.122. The fourth-order valence-electron chi connectivity index (χ4n) is 3.72. The fraction of sp³-hybridized carbons (Fsp3) is 0.381. The molecule has 0 radical (unpaired) electrons. The number of carbonyl (C=O) groups is 2. The quantitative estimate of drug-likeness (QED) is 0.697. The first-order valence-corrected chi connectivity index (χ1v) is 10.1. The predicted octanol–water partition coefficient (Wildman–Crippen LogP) is 3.87. The summed E-state index contributed by atoms with van der Waals surface area (Å²) in [6, 6.07) is 8.73. The van der Waals surface area contributed by atoms with E-state index < -0.39 is 11.3 Å². The van der Waals surface area contributed by atoms with Gasteiger partial charge in [0.25, 0.3) is 5.91 Å². The molecule has 6 nitrogen and oxygen atoms in total. The summed E-state index contributed by atoms with van der Waals surface area (Å²) in [4.78, 5) is 30.5. The topological polar surface area (TPSA) is 85.5 Å². The van der Waals surface area contributed by atoms with E-state index in [-0.39, 0.29) is 24.1 Å². The SMILES string of the molecule is Cc1cc(OC[C@@]2(CC(N)=O)CCCN(C(=O)c3cccnc3Cl)C2)ccc1Cl. The molecule has 0 unspecified atom stereocenters. The summed E-state index contributed by atoms with van der Waals surface area (Å²) in [5.41, 5.74) is 6.21. The van der Waals surface area contributed by atoms with Gasteiger partial charge in [-0.05, 0) is 55.7 Å². The lowest BCUT2D eigenvalue weighted by atomic mass is 9.77. The van der Waals surface area contributed by atoms with Gasteiger partial charge in [0.2, 0.25) is 5.91 Å². The van der Waals surface area contributed by atoms with E-state index in [9.17, 15) is 9.59 Å². The zero-order chi connectivity index (χ0) is 21.0. The highest BCUT2D eigenvalue weighted by Gasteiger charge is 2.40. The van der Waals surface area contributed by atoms with Crippen LogP contribution in [0.4, 0.5) is 0 Å². The van der Waals surface area contributed by atoms with Crippen molar-refractivity contribution in [2.75, 3.05) is 19.7 Å². The van der Waals surface area contributed by atoms with E-state index in [2.05, 4.69) is 4.98 Å². The number of hydrogen-bond acceptors (Lipinski definition) is 4. The second kappa shape index (κ2) is 9.01. The van der Waals surface area contributed by atoms with Gasteiger partial charge in [0.05, 0.1) is 12.2 Å². The Kier molecular flexibility index (Phi) is 6.65. The molecule has 154 valence electrons. The van der Waals surface area contributed by atoms with Gasteiger partial charge in [0.1, 0.15) is 10.9 Å². The lowest BCUT2D eigenvalue weighted by Gasteiger charge is -2.42. The molecule has 1 aromatic heterocycles. The third kappa shape index (κ3) is 5.19. The van der Waals surface area contributed by atoms with E-state index in [0.717, 1.165) is 18.4 Å². The number of piperidine rings is 1. The van der Waals surface area contributed by atoms with Crippen molar-refractivity contribution in [2.45, 2.75) is 26.2 Å². The summed E-state index contributed by atoms with van der Waals surface area (Å²) < 4.78 is 6.00. The van der Waals surface area contributed by atoms with Crippen molar-refractivity contribution in [1.82, 2.24) is 9.88 Å². The number of carbonyl (C=O) groups excluding carboxylic acids is 2. The molecule has 2 aromatic rings. The summed E-state index contributed by atoms with van der Waals surface area (Å²) >= 11 is 12.2. The molecule has 0 saturated carbocycles. The molecule has 29 heavy (non-hydrogen) atoms. The number of primary amides is 1. The minimum atomic E-state index is -0.567. The zero-order valence-electron chi connectivity index (χ0n) is 16.2. The minimum Gasteiger partial charge on any atom is -0.493 e. The first-order chi connectivity index (χ1) is 13.8. The maximum Gasteiger partial charge on any atom is 0.257 e. The molecule has 0 aliphatic carbocycles. The predicted molar refractivity (Wildman–Crippen MR) is 112 cm³/mol. The normalized spacial score (nSPS) is 19.1. The molecule has 1 atom stereocenters. The Morgan fingerprint density at radius 2 is 2.10 bits per heavy atom. The van der Waals surface area contributed by atoms with Crippen LogP contribution in [-0.4, -0.2) is 41.4 Å². The fourth-order valence-corrected chi connectivity index (χ4v) is 4.04. The van der Waals surface area contributed by atoms with Crippen molar-refractivity contribution in [3.05, 3.63) is 57.8 Å². The molecule has 1 aromatic carbocycles. The number of hydrogen-bond donors (Lipinski definition) is 1. The summed E-state index contributed by atoms with van der Waals surface area (Å²) in [5.74, 6) is 0.0306. The Morgan fingerprint density at radius 3 is 2.79 bits per heavy atom. The molecule has 2 N–H and O–H groups in total. The molecular formula is C21H23Cl2N3O3. The number of aromatic nitrogens is 1. The number of nitrogens with zero attached hydrogens (tertiary/aromatic N) is 2. The van der Waals surface area contributed by atoms with Gasteiger partial charge in [-0.15, -0.1) is 0 Å². The molecule has 2 amide bonds. The molecule has 8 heteroatoms. The molecule has 2 heterocycles. The third-order valence-electron chi connectivity index (χ3n) is 5.16. The maximum atomic E-state index is 13.0. The van der Waals surface area contributed by atoms with Gasteiger partial charge in [0, 0.05) is 36.1 Å². The van der Waals surface area contributed by atoms with Crippen molar-refractivity contribution < 1.29 is 14.3 Å². The van der Waals surface area contributed by atoms with Gasteiger partial charge in [-0.3, -0.25) is 9.59 Å². The van der Waals surface area contributed by atoms with Gasteiger partial charge in [0.15, 0.2) is 0 Å². The Bertz CT molecular complexity index is 922. The third-order valence-corrected chi connectivity index (χ3v) is 5.89. The Labute approximate surface area is 179 Å². The molecule has 0 bridgehead atoms. The van der Waals surface area contributed by atoms with E-state index in [1.165, 1.54) is 6.20 Å². The van der Waals surface area contributed by atoms with Gasteiger partial charge < -0.3 is 15.4 Å². The Morgan fingerprint density at radius 1 is 1.31 bits per heavy atom. The number of amides is 2. The van der Waals surface area contributed by atoms with Gasteiger partial charge in [-0.2, -0.15) is 0 Å². The van der Waals surface area contributed by atoms with Crippen LogP contribution in [0.2, 0.25) is 10.2 Å². The van der Waals surface area contributed by atoms with Gasteiger partial charge in [-0.1, -0.05) is 23.2 Å². The van der Waals surface area contributed by atoms with Crippen molar-refractivity contribution in [3.8, 4) is 5.75 Å². The standard InChI is InChI=1S/C21H23Cl2N3O3/c1-14-10-15(5-6-17(14)22)29-13-21(11-18(24)27)7-3-9-26(12-21)20(28)16-4-2-8-25-19(16)23/h2,4-6,8,10H,3,7,9,11-13H2,1H3,(H2,24,27)/t21-/m1/s1. The average Bonchev–Trinajstić information content (AvgIpc) is 2.68. The van der Waals surface area contributed by atoms with Crippen LogP contribution in [0.5, 0.6) is 5.75 Å². The number of halogens is 2. The van der Waals surface area contributed by atoms with Crippen molar-refractivity contribution in [2.24, 2.45) is 11.1 Å². The smallest absolute Gasteiger partial charge is 0.257 e. The monoisotopic (exact) mass is 435 g/mol. The molecule has 1 saturated heterocycles. The second-order valence-corrected chi connectivity index (χ2v) is 8.28. The van der Waals surface area contributed by atoms with E-state index >= 15 is 0 Å². The number of benzene rings is 1. The van der Waals surface area contributed by atoms with Crippen LogP contribution in [-0.2, 0) is 4.79 Å². The zero-order valence-corrected chi connectivity index (χ0v) is 17.7. The van der Waals surface area contributed by atoms with Crippen LogP contribution in [0.3, 0.4) is 0 Å². The highest BCUT2D eigenvalue weighted by atomic mass is 35.5. The molecule has 1 fully saturated rings. The molecular weight excluding hydrogens is 413 g/mol. The Hall–Kier alpha value is -2.31. The average molecular weight is 436 g/mol. The number of ether oxygens (including phenoxy) is 1.